The maximum Gasteiger partial charge on any atom is 0.226 e. The minimum atomic E-state index is 0.0755. The third-order valence-electron chi connectivity index (χ3n) is 5.27. The van der Waals surface area contributed by atoms with Crippen LogP contribution in [0.1, 0.15) is 29.4 Å². The molecule has 1 aromatic carbocycles. The smallest absolute Gasteiger partial charge is 0.226 e. The molecule has 1 aliphatic carbocycles. The van der Waals surface area contributed by atoms with Gasteiger partial charge >= 0.3 is 0 Å². The second-order valence-corrected chi connectivity index (χ2v) is 7.18. The zero-order valence-corrected chi connectivity index (χ0v) is 13.8. The van der Waals surface area contributed by atoms with E-state index in [1.165, 1.54) is 11.3 Å². The van der Waals surface area contributed by atoms with Crippen molar-refractivity contribution in [1.29, 1.82) is 0 Å². The van der Waals surface area contributed by atoms with Gasteiger partial charge in [0.25, 0.3) is 0 Å². The fourth-order valence-electron chi connectivity index (χ4n) is 3.89. The summed E-state index contributed by atoms with van der Waals surface area (Å²) in [6.45, 7) is 1.43. The lowest BCUT2D eigenvalue weighted by molar-refractivity contribution is -0.133. The first-order valence-corrected chi connectivity index (χ1v) is 8.69. The van der Waals surface area contributed by atoms with E-state index in [0.717, 1.165) is 41.1 Å². The van der Waals surface area contributed by atoms with Crippen LogP contribution in [0.4, 0.5) is 0 Å². The lowest BCUT2D eigenvalue weighted by Crippen LogP contribution is -2.37. The van der Waals surface area contributed by atoms with Crippen LogP contribution < -0.4 is 0 Å². The summed E-state index contributed by atoms with van der Waals surface area (Å²) in [6, 6.07) is 9.75. The van der Waals surface area contributed by atoms with Crippen LogP contribution in [0, 0.1) is 5.92 Å². The molecule has 0 bridgehead atoms. The minimum Gasteiger partial charge on any atom is -0.469 e. The summed E-state index contributed by atoms with van der Waals surface area (Å²) < 4.78 is 5.45. The molecule has 0 saturated heterocycles. The first-order chi connectivity index (χ1) is 11.7. The Morgan fingerprint density at radius 2 is 2.25 bits per heavy atom. The third kappa shape index (κ3) is 2.17. The highest BCUT2D eigenvalue weighted by molar-refractivity contribution is 6.31. The molecule has 2 aromatic heterocycles. The van der Waals surface area contributed by atoms with Gasteiger partial charge in [-0.25, -0.2) is 0 Å². The van der Waals surface area contributed by atoms with Gasteiger partial charge in [-0.2, -0.15) is 0 Å². The zero-order valence-electron chi connectivity index (χ0n) is 13.1. The summed E-state index contributed by atoms with van der Waals surface area (Å²) in [5, 5.41) is 1.86. The van der Waals surface area contributed by atoms with Crippen molar-refractivity contribution in [3.63, 3.8) is 0 Å². The first kappa shape index (κ1) is 14.2. The van der Waals surface area contributed by atoms with Gasteiger partial charge in [-0.1, -0.05) is 11.6 Å². The van der Waals surface area contributed by atoms with Gasteiger partial charge in [0.2, 0.25) is 5.91 Å². The van der Waals surface area contributed by atoms with Crippen LogP contribution in [0.25, 0.3) is 10.9 Å². The molecule has 3 aromatic rings. The van der Waals surface area contributed by atoms with Gasteiger partial charge < -0.3 is 14.3 Å². The fraction of sp³-hybridized carbons (Fsp3) is 0.316. The van der Waals surface area contributed by atoms with Gasteiger partial charge in [-0.3, -0.25) is 4.79 Å². The molecule has 1 saturated carbocycles. The van der Waals surface area contributed by atoms with Crippen molar-refractivity contribution in [3.8, 4) is 0 Å². The Labute approximate surface area is 144 Å². The average molecular weight is 341 g/mol. The van der Waals surface area contributed by atoms with Gasteiger partial charge in [-0.05, 0) is 36.8 Å². The summed E-state index contributed by atoms with van der Waals surface area (Å²) in [7, 11) is 0. The summed E-state index contributed by atoms with van der Waals surface area (Å²) in [6.07, 6.45) is 3.44. The average Bonchev–Trinajstić information content (AvgIpc) is 3.04. The lowest BCUT2D eigenvalue weighted by Gasteiger charge is -2.27. The molecule has 1 fully saturated rings. The van der Waals surface area contributed by atoms with Gasteiger partial charge in [0.1, 0.15) is 5.76 Å². The van der Waals surface area contributed by atoms with Crippen LogP contribution in [-0.4, -0.2) is 22.3 Å². The quantitative estimate of drug-likeness (QED) is 0.763. The number of nitrogens with zero attached hydrogens (tertiary/aromatic N) is 1. The van der Waals surface area contributed by atoms with E-state index >= 15 is 0 Å². The largest absolute Gasteiger partial charge is 0.469 e. The van der Waals surface area contributed by atoms with Gasteiger partial charge in [0.15, 0.2) is 0 Å². The molecular weight excluding hydrogens is 324 g/mol. The number of nitrogens with one attached hydrogen (secondary N) is 1. The zero-order chi connectivity index (χ0) is 16.3. The normalized spacial score (nSPS) is 22.6. The molecule has 24 heavy (non-hydrogen) atoms. The molecule has 0 spiro atoms. The van der Waals surface area contributed by atoms with Crippen molar-refractivity contribution in [1.82, 2.24) is 9.88 Å². The monoisotopic (exact) mass is 340 g/mol. The number of hydrogen-bond donors (Lipinski definition) is 1. The standard InChI is InChI=1S/C19H17ClN2O2/c20-11-3-4-16-12(8-11)15-10-22(6-5-17(15)21-16)19(23)14-9-13(14)18-2-1-7-24-18/h1-4,7-8,13-14,21H,5-6,9-10H2. The van der Waals surface area contributed by atoms with Crippen LogP contribution in [0.2, 0.25) is 5.02 Å². The maximum absolute atomic E-state index is 12.8. The first-order valence-electron chi connectivity index (χ1n) is 8.32. The van der Waals surface area contributed by atoms with E-state index in [9.17, 15) is 4.79 Å². The Kier molecular flexibility index (Phi) is 3.04. The Hall–Kier alpha value is -2.20. The Morgan fingerprint density at radius 1 is 1.33 bits per heavy atom. The summed E-state index contributed by atoms with van der Waals surface area (Å²) in [5.41, 5.74) is 3.54. The highest BCUT2D eigenvalue weighted by Crippen LogP contribution is 2.49. The Balaban J connectivity index is 1.40. The van der Waals surface area contributed by atoms with Crippen molar-refractivity contribution in [2.45, 2.75) is 25.3 Å². The number of aromatic nitrogens is 1. The molecular formula is C19H17ClN2O2. The van der Waals surface area contributed by atoms with Crippen molar-refractivity contribution < 1.29 is 9.21 Å². The molecule has 2 unspecified atom stereocenters. The number of carbonyl (C=O) groups excluding carboxylic acids is 1. The number of fused-ring (bicyclic) bond motifs is 3. The van der Waals surface area contributed by atoms with E-state index < -0.39 is 0 Å². The number of H-pyrrole nitrogens is 1. The van der Waals surface area contributed by atoms with Crippen molar-refractivity contribution in [3.05, 3.63) is 58.6 Å². The van der Waals surface area contributed by atoms with E-state index in [2.05, 4.69) is 4.98 Å². The fourth-order valence-corrected chi connectivity index (χ4v) is 4.07. The van der Waals surface area contributed by atoms with Crippen LogP contribution in [0.15, 0.2) is 41.0 Å². The van der Waals surface area contributed by atoms with Gasteiger partial charge in [0.05, 0.1) is 6.26 Å². The molecule has 5 rings (SSSR count). The number of furan rings is 1. The minimum absolute atomic E-state index is 0.0755. The molecule has 4 nitrogen and oxygen atoms in total. The third-order valence-corrected chi connectivity index (χ3v) is 5.50. The second-order valence-electron chi connectivity index (χ2n) is 6.75. The SMILES string of the molecule is O=C(C1CC1c1ccco1)N1CCc2[nH]c3ccc(Cl)cc3c2C1. The Morgan fingerprint density at radius 3 is 3.08 bits per heavy atom. The van der Waals surface area contributed by atoms with Crippen LogP contribution in [0.3, 0.4) is 0 Å². The number of rotatable bonds is 2. The molecule has 1 N–H and O–H groups in total. The predicted molar refractivity (Wildman–Crippen MR) is 92.0 cm³/mol. The van der Waals surface area contributed by atoms with Crippen molar-refractivity contribution in [2.24, 2.45) is 5.92 Å². The Bertz CT molecular complexity index is 928. The van der Waals surface area contributed by atoms with Crippen LogP contribution in [0.5, 0.6) is 0 Å². The molecule has 1 aliphatic heterocycles. The molecule has 122 valence electrons. The van der Waals surface area contributed by atoms with E-state index in [1.54, 1.807) is 6.26 Å². The number of amides is 1. The highest BCUT2D eigenvalue weighted by atomic mass is 35.5. The lowest BCUT2D eigenvalue weighted by atomic mass is 10.0. The molecule has 1 amide bonds. The molecule has 0 radical (unpaired) electrons. The number of carbonyl (C=O) groups is 1. The van der Waals surface area contributed by atoms with E-state index in [0.29, 0.717) is 6.54 Å². The maximum atomic E-state index is 12.8. The van der Waals surface area contributed by atoms with Gasteiger partial charge in [0, 0.05) is 58.5 Å². The predicted octanol–water partition coefficient (Wildman–Crippen LogP) is 4.10. The summed E-state index contributed by atoms with van der Waals surface area (Å²) in [4.78, 5) is 18.3. The molecule has 3 heterocycles. The summed E-state index contributed by atoms with van der Waals surface area (Å²) in [5.74, 6) is 1.51. The molecule has 2 atom stereocenters. The number of hydrogen-bond acceptors (Lipinski definition) is 2. The number of benzene rings is 1. The van der Waals surface area contributed by atoms with E-state index in [1.807, 2.05) is 35.2 Å². The molecule has 2 aliphatic rings. The van der Waals surface area contributed by atoms with Crippen LogP contribution >= 0.6 is 11.6 Å². The summed E-state index contributed by atoms with van der Waals surface area (Å²) >= 11 is 6.15. The topological polar surface area (TPSA) is 49.2 Å². The molecule has 5 heteroatoms. The van der Waals surface area contributed by atoms with E-state index in [4.69, 9.17) is 16.0 Å². The number of halogens is 1. The van der Waals surface area contributed by atoms with Crippen molar-refractivity contribution >= 4 is 28.4 Å². The highest BCUT2D eigenvalue weighted by Gasteiger charge is 2.47. The second kappa shape index (κ2) is 5.15. The number of aromatic amines is 1. The van der Waals surface area contributed by atoms with Gasteiger partial charge in [-0.15, -0.1) is 0 Å². The van der Waals surface area contributed by atoms with Crippen molar-refractivity contribution in [2.75, 3.05) is 6.54 Å². The van der Waals surface area contributed by atoms with E-state index in [-0.39, 0.29) is 17.7 Å². The van der Waals surface area contributed by atoms with Crippen LogP contribution in [-0.2, 0) is 17.8 Å².